The van der Waals surface area contributed by atoms with E-state index in [9.17, 15) is 4.39 Å². The number of fused-ring (bicyclic) bond motifs is 7. The molecule has 0 aliphatic carbocycles. The van der Waals surface area contributed by atoms with Gasteiger partial charge in [0.1, 0.15) is 5.58 Å². The number of pyridine rings is 1. The molecule has 12 rings (SSSR count). The standard InChI is InChI=1S/C59H55N2O.C14H15FGeN.Ir/c1-35(2)48-31-42(38-24-22-37(23-25-38)41-28-43(58(5,6)7)33-44(29-41)59(8,9)10)32-49(36(3)4)55(48)61-53-21-14-13-20-52(53)60-57(61)47-19-15-18-46-51-30-40-27-26-39-16-11-12-17-45(39)50(40)34-54(51)62-56(46)47;1-16(2,3)13-8-9-17-14(10-13)11-4-6-12(15)7-5-11;/h11-18,20-36H,1-10H3;4,6-10H,1-3H3;/q2*-1;. The van der Waals surface area contributed by atoms with Crippen molar-refractivity contribution in [2.75, 3.05) is 0 Å². The molecule has 0 spiro atoms. The van der Waals surface area contributed by atoms with Crippen LogP contribution in [0.4, 0.5) is 4.39 Å². The fourth-order valence-corrected chi connectivity index (χ4v) is 13.3. The van der Waals surface area contributed by atoms with Gasteiger partial charge in [-0.05, 0) is 125 Å². The topological polar surface area (TPSA) is 43.9 Å². The number of furan rings is 1. The minimum absolute atomic E-state index is 0. The smallest absolute Gasteiger partial charge is 0 e. The quantitative estimate of drug-likeness (QED) is 0.0865. The molecule has 0 bridgehead atoms. The minimum Gasteiger partial charge on any atom is 0 e. The van der Waals surface area contributed by atoms with Crippen LogP contribution in [0.25, 0.3) is 105 Å². The summed E-state index contributed by atoms with van der Waals surface area (Å²) in [5, 5.41) is 6.99. The fourth-order valence-electron chi connectivity index (χ4n) is 10.9. The van der Waals surface area contributed by atoms with Gasteiger partial charge in [-0.3, -0.25) is 4.98 Å². The van der Waals surface area contributed by atoms with E-state index >= 15 is 0 Å². The Morgan fingerprint density at radius 3 is 1.82 bits per heavy atom. The zero-order chi connectivity index (χ0) is 55.7. The van der Waals surface area contributed by atoms with Crippen LogP contribution >= 0.6 is 0 Å². The van der Waals surface area contributed by atoms with Crippen molar-refractivity contribution >= 4 is 72.2 Å². The van der Waals surface area contributed by atoms with E-state index in [4.69, 9.17) is 9.40 Å². The van der Waals surface area contributed by atoms with Crippen LogP contribution in [0.2, 0.25) is 17.3 Å². The van der Waals surface area contributed by atoms with Crippen molar-refractivity contribution in [1.82, 2.24) is 14.5 Å². The van der Waals surface area contributed by atoms with E-state index in [1.54, 1.807) is 6.07 Å². The number of hydrogen-bond acceptors (Lipinski definition) is 3. The van der Waals surface area contributed by atoms with E-state index in [0.29, 0.717) is 0 Å². The van der Waals surface area contributed by atoms with Crippen molar-refractivity contribution in [3.05, 3.63) is 216 Å². The van der Waals surface area contributed by atoms with Gasteiger partial charge in [0.25, 0.3) is 0 Å². The third kappa shape index (κ3) is 11.0. The van der Waals surface area contributed by atoms with Crippen LogP contribution in [0, 0.1) is 17.9 Å². The Labute approximate surface area is 488 Å². The molecule has 3 aromatic heterocycles. The first-order valence-corrected chi connectivity index (χ1v) is 35.2. The van der Waals surface area contributed by atoms with Gasteiger partial charge < -0.3 is 8.98 Å². The molecule has 4 nitrogen and oxygen atoms in total. The summed E-state index contributed by atoms with van der Waals surface area (Å²) in [6, 6.07) is 66.6. The summed E-state index contributed by atoms with van der Waals surface area (Å²) in [4.78, 5) is 9.74. The van der Waals surface area contributed by atoms with Crippen LogP contribution in [-0.4, -0.2) is 27.8 Å². The molecule has 0 aliphatic rings. The van der Waals surface area contributed by atoms with Gasteiger partial charge in [-0.15, -0.1) is 18.2 Å². The molecule has 0 saturated carbocycles. The number of aromatic nitrogens is 3. The minimum atomic E-state index is -1.83. The predicted molar refractivity (Wildman–Crippen MR) is 336 cm³/mol. The summed E-state index contributed by atoms with van der Waals surface area (Å²) in [5.41, 5.74) is 17.8. The zero-order valence-corrected chi connectivity index (χ0v) is 52.9. The van der Waals surface area contributed by atoms with Crippen molar-refractivity contribution in [1.29, 1.82) is 0 Å². The number of halogens is 1. The third-order valence-corrected chi connectivity index (χ3v) is 19.9. The van der Waals surface area contributed by atoms with E-state index in [1.165, 1.54) is 88.3 Å². The average molecular weight is 1290 g/mol. The number of imidazole rings is 1. The van der Waals surface area contributed by atoms with Crippen LogP contribution in [0.15, 0.2) is 180 Å². The Balaban J connectivity index is 0.000000342. The molecule has 0 aliphatic heterocycles. The number of nitrogens with zero attached hydrogens (tertiary/aromatic N) is 3. The normalized spacial score (nSPS) is 12.2. The van der Waals surface area contributed by atoms with Crippen LogP contribution in [0.1, 0.15) is 103 Å². The van der Waals surface area contributed by atoms with E-state index < -0.39 is 13.3 Å². The van der Waals surface area contributed by atoms with Gasteiger partial charge in [-0.2, -0.15) is 0 Å². The maximum Gasteiger partial charge on any atom is 0 e. The summed E-state index contributed by atoms with van der Waals surface area (Å²) in [7, 11) is 0. The van der Waals surface area contributed by atoms with Crippen LogP contribution in [-0.2, 0) is 30.9 Å². The molecule has 0 atom stereocenters. The van der Waals surface area contributed by atoms with Crippen molar-refractivity contribution in [2.45, 2.75) is 109 Å². The summed E-state index contributed by atoms with van der Waals surface area (Å²) < 4.78 is 23.5. The van der Waals surface area contributed by atoms with E-state index in [2.05, 4.69) is 254 Å². The number of hydrogen-bond donors (Lipinski definition) is 0. The number of rotatable bonds is 8. The molecular weight excluding hydrogens is 1220 g/mol. The summed E-state index contributed by atoms with van der Waals surface area (Å²) >= 11 is -1.83. The van der Waals surface area contributed by atoms with Gasteiger partial charge >= 0.3 is 104 Å². The van der Waals surface area contributed by atoms with Crippen molar-refractivity contribution in [2.24, 2.45) is 0 Å². The maximum absolute atomic E-state index is 12.8. The molecule has 0 fully saturated rings. The molecule has 7 heteroatoms. The third-order valence-electron chi connectivity index (χ3n) is 15.6. The molecule has 405 valence electrons. The maximum atomic E-state index is 12.8. The molecular formula is C73H70FGeIrN3O-2. The Morgan fingerprint density at radius 1 is 0.575 bits per heavy atom. The molecule has 0 saturated heterocycles. The second-order valence-electron chi connectivity index (χ2n) is 25.1. The molecule has 0 amide bonds. The molecule has 80 heavy (non-hydrogen) atoms. The van der Waals surface area contributed by atoms with Crippen molar-refractivity contribution in [3.8, 4) is 50.6 Å². The van der Waals surface area contributed by atoms with Gasteiger partial charge in [-0.25, -0.2) is 0 Å². The number of para-hydroxylation sites is 2. The second kappa shape index (κ2) is 21.8. The zero-order valence-electron chi connectivity index (χ0n) is 48.4. The second-order valence-corrected chi connectivity index (χ2v) is 35.8. The van der Waals surface area contributed by atoms with Gasteiger partial charge in [0.15, 0.2) is 0 Å². The Bertz CT molecular complexity index is 4200. The molecule has 3 heterocycles. The SMILES string of the molecule is CC(C)c1cc(-c2ccc(-c3cc(C(C)(C)C)cc(C(C)(C)C)c3)cc2)cc(C(C)C)c1-n1c(-c2[c-]ccc3c2oc2cc4c(ccc5ccccc54)cc23)nc2ccccc21.[CH3][Ge]([CH3])([CH3])[c]1ccnc(-c2[c-]cc(F)cc2)c1.[Ir]. The molecule has 1 radical (unpaired) electrons. The molecule has 0 unspecified atom stereocenters. The van der Waals surface area contributed by atoms with Crippen molar-refractivity contribution < 1.29 is 28.9 Å². The van der Waals surface area contributed by atoms with Crippen LogP contribution in [0.5, 0.6) is 0 Å². The monoisotopic (exact) mass is 1290 g/mol. The largest absolute Gasteiger partial charge is 0 e. The fraction of sp³-hybridized carbons (Fsp3) is 0.233. The van der Waals surface area contributed by atoms with Gasteiger partial charge in [0, 0.05) is 31.2 Å². The predicted octanol–water partition coefficient (Wildman–Crippen LogP) is 20.1. The van der Waals surface area contributed by atoms with Gasteiger partial charge in [0.05, 0.1) is 22.4 Å². The van der Waals surface area contributed by atoms with Gasteiger partial charge in [0.2, 0.25) is 0 Å². The molecule has 12 aromatic rings. The molecule has 9 aromatic carbocycles. The van der Waals surface area contributed by atoms with E-state index in [1.807, 2.05) is 12.3 Å². The van der Waals surface area contributed by atoms with Crippen LogP contribution in [0.3, 0.4) is 0 Å². The number of benzene rings is 9. The first-order valence-electron chi connectivity index (χ1n) is 27.9. The van der Waals surface area contributed by atoms with Crippen LogP contribution < -0.4 is 4.40 Å². The first-order chi connectivity index (χ1) is 37.6. The Hall–Kier alpha value is -6.96. The van der Waals surface area contributed by atoms with E-state index in [-0.39, 0.29) is 48.6 Å². The Kier molecular flexibility index (Phi) is 15.4. The average Bonchev–Trinajstić information content (AvgIpc) is 4.12. The first kappa shape index (κ1) is 56.3. The molecule has 0 N–H and O–H groups in total. The summed E-state index contributed by atoms with van der Waals surface area (Å²) in [6.07, 6.45) is 1.83. The van der Waals surface area contributed by atoms with Crippen molar-refractivity contribution in [3.63, 3.8) is 0 Å². The Morgan fingerprint density at radius 2 is 1.20 bits per heavy atom. The summed E-state index contributed by atoms with van der Waals surface area (Å²) in [5.74, 6) is 8.06. The van der Waals surface area contributed by atoms with Gasteiger partial charge in [-0.1, -0.05) is 171 Å². The van der Waals surface area contributed by atoms with E-state index in [0.717, 1.165) is 55.6 Å². The summed E-state index contributed by atoms with van der Waals surface area (Å²) in [6.45, 7) is 23.1.